The summed E-state index contributed by atoms with van der Waals surface area (Å²) in [4.78, 5) is 72.0. The quantitative estimate of drug-likeness (QED) is 0.0222. The molecule has 0 aliphatic heterocycles. The lowest BCUT2D eigenvalue weighted by molar-refractivity contribution is -0.161. The third-order valence-electron chi connectivity index (χ3n) is 14.6. The average molecular weight is 1200 g/mol. The molecule has 0 aromatic carbocycles. The van der Waals surface area contributed by atoms with Gasteiger partial charge in [0.2, 0.25) is 0 Å². The van der Waals surface area contributed by atoms with E-state index in [0.29, 0.717) is 25.7 Å². The molecule has 0 amide bonds. The highest BCUT2D eigenvalue weighted by molar-refractivity contribution is 7.47. The van der Waals surface area contributed by atoms with Gasteiger partial charge >= 0.3 is 39.5 Å². The minimum atomic E-state index is -4.94. The Bertz CT molecular complexity index is 1590. The van der Waals surface area contributed by atoms with E-state index < -0.39 is 97.5 Å². The van der Waals surface area contributed by atoms with Crippen LogP contribution in [0.25, 0.3) is 0 Å². The topological polar surface area (TPSA) is 237 Å². The number of esters is 4. The minimum absolute atomic E-state index is 0.106. The van der Waals surface area contributed by atoms with E-state index in [0.717, 1.165) is 102 Å². The second kappa shape index (κ2) is 55.9. The van der Waals surface area contributed by atoms with E-state index in [9.17, 15) is 43.2 Å². The van der Waals surface area contributed by atoms with Crippen molar-refractivity contribution >= 4 is 39.5 Å². The predicted octanol–water partition coefficient (Wildman–Crippen LogP) is 17.0. The van der Waals surface area contributed by atoms with E-state index in [1.54, 1.807) is 0 Å². The van der Waals surface area contributed by atoms with Crippen LogP contribution in [0.1, 0.15) is 311 Å². The van der Waals surface area contributed by atoms with Gasteiger partial charge in [-0.2, -0.15) is 0 Å². The Balaban J connectivity index is 5.22. The molecule has 0 aliphatic carbocycles. The summed E-state index contributed by atoms with van der Waals surface area (Å²) < 4.78 is 67.8. The maximum atomic E-state index is 13.0. The van der Waals surface area contributed by atoms with E-state index in [1.165, 1.54) is 128 Å². The van der Waals surface area contributed by atoms with E-state index in [2.05, 4.69) is 34.6 Å². The fraction of sp³-hybridized carbons (Fsp3) is 0.935. The van der Waals surface area contributed by atoms with Crippen LogP contribution in [0.3, 0.4) is 0 Å². The Morgan fingerprint density at radius 1 is 0.346 bits per heavy atom. The maximum absolute atomic E-state index is 13.0. The predicted molar refractivity (Wildman–Crippen MR) is 322 cm³/mol. The van der Waals surface area contributed by atoms with Crippen LogP contribution in [0, 0.1) is 5.92 Å². The lowest BCUT2D eigenvalue weighted by Gasteiger charge is -2.21. The van der Waals surface area contributed by atoms with Crippen molar-refractivity contribution in [3.63, 3.8) is 0 Å². The Morgan fingerprint density at radius 2 is 0.593 bits per heavy atom. The summed E-state index contributed by atoms with van der Waals surface area (Å²) in [5.74, 6) is -1.34. The van der Waals surface area contributed by atoms with Crippen LogP contribution in [0.2, 0.25) is 0 Å². The molecule has 0 aromatic rings. The van der Waals surface area contributed by atoms with E-state index in [-0.39, 0.29) is 25.7 Å². The first-order chi connectivity index (χ1) is 39.1. The van der Waals surface area contributed by atoms with Gasteiger partial charge < -0.3 is 33.8 Å². The van der Waals surface area contributed by atoms with Crippen molar-refractivity contribution in [2.45, 2.75) is 329 Å². The van der Waals surface area contributed by atoms with Crippen molar-refractivity contribution < 1.29 is 80.2 Å². The Labute approximate surface area is 492 Å². The van der Waals surface area contributed by atoms with Crippen molar-refractivity contribution in [3.05, 3.63) is 0 Å². The number of hydrogen-bond acceptors (Lipinski definition) is 15. The zero-order valence-corrected chi connectivity index (χ0v) is 53.7. The lowest BCUT2D eigenvalue weighted by atomic mass is 9.99. The van der Waals surface area contributed by atoms with Gasteiger partial charge in [-0.05, 0) is 31.6 Å². The Hall–Kier alpha value is -1.94. The molecule has 0 saturated carbocycles. The molecule has 0 rings (SSSR count). The molecule has 3 N–H and O–H groups in total. The summed E-state index contributed by atoms with van der Waals surface area (Å²) in [7, 11) is -9.88. The third-order valence-corrected chi connectivity index (χ3v) is 16.5. The average Bonchev–Trinajstić information content (AvgIpc) is 3.44. The highest BCUT2D eigenvalue weighted by Gasteiger charge is 2.30. The highest BCUT2D eigenvalue weighted by Crippen LogP contribution is 2.45. The maximum Gasteiger partial charge on any atom is 0.472 e. The molecule has 17 nitrogen and oxygen atoms in total. The van der Waals surface area contributed by atoms with Gasteiger partial charge in [0, 0.05) is 25.7 Å². The van der Waals surface area contributed by atoms with E-state index >= 15 is 0 Å². The molecule has 480 valence electrons. The first-order valence-corrected chi connectivity index (χ1v) is 35.7. The normalized spacial score (nSPS) is 14.6. The van der Waals surface area contributed by atoms with Crippen molar-refractivity contribution in [1.29, 1.82) is 0 Å². The van der Waals surface area contributed by atoms with E-state index in [4.69, 9.17) is 37.0 Å². The van der Waals surface area contributed by atoms with Crippen LogP contribution in [0.5, 0.6) is 0 Å². The van der Waals surface area contributed by atoms with Crippen molar-refractivity contribution in [2.75, 3.05) is 39.6 Å². The van der Waals surface area contributed by atoms with Crippen LogP contribution in [0.4, 0.5) is 0 Å². The number of unbranched alkanes of at least 4 members (excludes halogenated alkanes) is 33. The second-order valence-electron chi connectivity index (χ2n) is 22.7. The standard InChI is InChI=1S/C62H120O17P2/c1-6-10-13-16-19-22-27-31-36-41-46-60(65)73-52-58(79-62(67)48-43-38-33-28-24-23-26-29-34-39-44-55(5)9-4)54-77-81(70,71)75-50-56(63)49-74-80(68,69)76-53-57(51-72-59(64)45-40-35-30-21-18-15-12-8-3)78-61(66)47-42-37-32-25-20-17-14-11-7-2/h55-58,63H,6-54H2,1-5H3,(H,68,69)(H,70,71)/t55?,56-,57+,58+/m0/s1. The van der Waals surface area contributed by atoms with Gasteiger partial charge in [-0.25, -0.2) is 9.13 Å². The molecule has 19 heteroatoms. The summed E-state index contributed by atoms with van der Waals surface area (Å²) in [6.07, 6.45) is 38.8. The van der Waals surface area contributed by atoms with Gasteiger partial charge in [-0.1, -0.05) is 259 Å². The summed E-state index contributed by atoms with van der Waals surface area (Å²) in [6, 6.07) is 0. The first-order valence-electron chi connectivity index (χ1n) is 32.7. The minimum Gasteiger partial charge on any atom is -0.462 e. The molecule has 0 fully saturated rings. The zero-order chi connectivity index (χ0) is 59.9. The van der Waals surface area contributed by atoms with Crippen LogP contribution < -0.4 is 0 Å². The molecular formula is C62H120O17P2. The number of aliphatic hydroxyl groups excluding tert-OH is 1. The lowest BCUT2D eigenvalue weighted by Crippen LogP contribution is -2.30. The fourth-order valence-corrected chi connectivity index (χ4v) is 10.8. The third kappa shape index (κ3) is 55.7. The number of phosphoric ester groups is 2. The van der Waals surface area contributed by atoms with Crippen LogP contribution in [-0.4, -0.2) is 96.7 Å². The summed E-state index contributed by atoms with van der Waals surface area (Å²) in [6.45, 7) is 7.16. The van der Waals surface area contributed by atoms with Crippen LogP contribution in [0.15, 0.2) is 0 Å². The smallest absolute Gasteiger partial charge is 0.462 e. The van der Waals surface area contributed by atoms with Crippen LogP contribution >= 0.6 is 15.6 Å². The van der Waals surface area contributed by atoms with Gasteiger partial charge in [-0.3, -0.25) is 37.3 Å². The summed E-state index contributed by atoms with van der Waals surface area (Å²) in [5.41, 5.74) is 0. The van der Waals surface area contributed by atoms with Gasteiger partial charge in [0.1, 0.15) is 19.3 Å². The van der Waals surface area contributed by atoms with Gasteiger partial charge in [0.05, 0.1) is 26.4 Å². The second-order valence-corrected chi connectivity index (χ2v) is 25.6. The molecule has 0 radical (unpaired) electrons. The van der Waals surface area contributed by atoms with Gasteiger partial charge in [0.15, 0.2) is 12.2 Å². The molecule has 3 unspecified atom stereocenters. The number of hydrogen-bond donors (Lipinski definition) is 3. The Morgan fingerprint density at radius 3 is 0.877 bits per heavy atom. The highest BCUT2D eigenvalue weighted by atomic mass is 31.2. The molecule has 0 spiro atoms. The van der Waals surface area contributed by atoms with Crippen molar-refractivity contribution in [1.82, 2.24) is 0 Å². The summed E-state index contributed by atoms with van der Waals surface area (Å²) in [5, 5.41) is 10.5. The number of ether oxygens (including phenoxy) is 4. The molecular weight excluding hydrogens is 1080 g/mol. The molecule has 6 atom stereocenters. The number of aliphatic hydroxyl groups is 1. The zero-order valence-electron chi connectivity index (χ0n) is 51.9. The molecule has 0 aromatic heterocycles. The largest absolute Gasteiger partial charge is 0.472 e. The molecule has 81 heavy (non-hydrogen) atoms. The van der Waals surface area contributed by atoms with E-state index in [1.807, 2.05) is 0 Å². The number of phosphoric acid groups is 2. The number of rotatable bonds is 62. The van der Waals surface area contributed by atoms with Crippen LogP contribution in [-0.2, 0) is 65.4 Å². The Kier molecular flexibility index (Phi) is 54.6. The number of carbonyl (C=O) groups is 4. The molecule has 0 bridgehead atoms. The van der Waals surface area contributed by atoms with Crippen molar-refractivity contribution in [3.8, 4) is 0 Å². The summed E-state index contributed by atoms with van der Waals surface area (Å²) >= 11 is 0. The SMILES string of the molecule is CCCCCCCCCCCCC(=O)OC[C@H](COP(=O)(O)OC[C@@H](O)COP(=O)(O)OC[C@@H](COC(=O)CCCCCCCCCC)OC(=O)CCCCCCCCCCC)OC(=O)CCCCCCCCCCCCC(C)CC. The van der Waals surface area contributed by atoms with Crippen molar-refractivity contribution in [2.24, 2.45) is 5.92 Å². The first kappa shape index (κ1) is 79.1. The van der Waals surface area contributed by atoms with Gasteiger partial charge in [0.25, 0.3) is 0 Å². The molecule has 0 saturated heterocycles. The molecule has 0 heterocycles. The van der Waals surface area contributed by atoms with Gasteiger partial charge in [-0.15, -0.1) is 0 Å². The molecule has 0 aliphatic rings. The fourth-order valence-electron chi connectivity index (χ4n) is 9.20. The number of carbonyl (C=O) groups excluding carboxylic acids is 4. The monoisotopic (exact) mass is 1200 g/mol.